The first kappa shape index (κ1) is 13.7. The van der Waals surface area contributed by atoms with E-state index in [9.17, 15) is 0 Å². The van der Waals surface area contributed by atoms with Crippen molar-refractivity contribution in [3.05, 3.63) is 64.3 Å². The second kappa shape index (κ2) is 5.36. The third-order valence-electron chi connectivity index (χ3n) is 4.56. The number of H-pyrrole nitrogens is 1. The minimum absolute atomic E-state index is 0.345. The van der Waals surface area contributed by atoms with Gasteiger partial charge in [-0.05, 0) is 62.1 Å². The highest BCUT2D eigenvalue weighted by molar-refractivity contribution is 6.31. The number of halogens is 1. The molecule has 1 heterocycles. The highest BCUT2D eigenvalue weighted by atomic mass is 35.5. The average molecular weight is 311 g/mol. The van der Waals surface area contributed by atoms with Crippen molar-refractivity contribution in [1.29, 1.82) is 0 Å². The second-order valence-electron chi connectivity index (χ2n) is 6.16. The van der Waals surface area contributed by atoms with Crippen LogP contribution in [0, 0.1) is 6.92 Å². The van der Waals surface area contributed by atoms with Gasteiger partial charge in [0, 0.05) is 27.3 Å². The molecule has 4 rings (SSSR count). The molecule has 0 aliphatic heterocycles. The summed E-state index contributed by atoms with van der Waals surface area (Å²) in [6.07, 6.45) is 3.49. The predicted molar refractivity (Wildman–Crippen MR) is 93.8 cm³/mol. The highest BCUT2D eigenvalue weighted by Gasteiger charge is 2.24. The molecule has 22 heavy (non-hydrogen) atoms. The highest BCUT2D eigenvalue weighted by Crippen LogP contribution is 2.37. The number of anilines is 1. The molecule has 2 N–H and O–H groups in total. The van der Waals surface area contributed by atoms with Gasteiger partial charge in [0.2, 0.25) is 0 Å². The number of hydrogen-bond acceptors (Lipinski definition) is 1. The van der Waals surface area contributed by atoms with E-state index in [1.807, 2.05) is 6.07 Å². The lowest BCUT2D eigenvalue weighted by atomic mass is 9.91. The number of fused-ring (bicyclic) bond motifs is 3. The van der Waals surface area contributed by atoms with E-state index >= 15 is 0 Å². The number of aromatic amines is 1. The van der Waals surface area contributed by atoms with Gasteiger partial charge in [-0.15, -0.1) is 0 Å². The van der Waals surface area contributed by atoms with Gasteiger partial charge in [0.15, 0.2) is 0 Å². The van der Waals surface area contributed by atoms with Crippen LogP contribution in [0.25, 0.3) is 10.9 Å². The number of rotatable bonds is 2. The van der Waals surface area contributed by atoms with E-state index in [0.29, 0.717) is 6.04 Å². The molecule has 0 radical (unpaired) electrons. The zero-order chi connectivity index (χ0) is 15.1. The summed E-state index contributed by atoms with van der Waals surface area (Å²) >= 11 is 6.17. The quantitative estimate of drug-likeness (QED) is 0.631. The number of aryl methyl sites for hydroxylation is 2. The molecule has 1 atom stereocenters. The Hall–Kier alpha value is -1.93. The molecule has 1 aromatic heterocycles. The molecule has 2 nitrogen and oxygen atoms in total. The number of aromatic nitrogens is 1. The average Bonchev–Trinajstić information content (AvgIpc) is 2.89. The van der Waals surface area contributed by atoms with Crippen molar-refractivity contribution in [2.24, 2.45) is 0 Å². The van der Waals surface area contributed by atoms with Crippen LogP contribution in [0.15, 0.2) is 42.5 Å². The Balaban J connectivity index is 1.72. The lowest BCUT2D eigenvalue weighted by Crippen LogP contribution is -2.17. The summed E-state index contributed by atoms with van der Waals surface area (Å²) in [5.74, 6) is 0. The predicted octanol–water partition coefficient (Wildman–Crippen LogP) is 5.62. The summed E-state index contributed by atoms with van der Waals surface area (Å²) in [7, 11) is 0. The SMILES string of the molecule is Cc1ccc(NC2CCCc3c2[nH]c2ccc(Cl)cc32)cc1. The molecule has 0 spiro atoms. The molecule has 0 saturated heterocycles. The Labute approximate surface area is 135 Å². The summed E-state index contributed by atoms with van der Waals surface area (Å²) in [5.41, 5.74) is 6.40. The van der Waals surface area contributed by atoms with Gasteiger partial charge in [0.25, 0.3) is 0 Å². The van der Waals surface area contributed by atoms with Gasteiger partial charge in [0.1, 0.15) is 0 Å². The number of hydrogen-bond donors (Lipinski definition) is 2. The first-order chi connectivity index (χ1) is 10.7. The van der Waals surface area contributed by atoms with Crippen LogP contribution in [0.3, 0.4) is 0 Å². The molecule has 3 heteroatoms. The van der Waals surface area contributed by atoms with Crippen LogP contribution < -0.4 is 5.32 Å². The molecule has 2 aromatic carbocycles. The van der Waals surface area contributed by atoms with Gasteiger partial charge in [-0.2, -0.15) is 0 Å². The van der Waals surface area contributed by atoms with E-state index in [-0.39, 0.29) is 0 Å². The molecule has 3 aromatic rings. The first-order valence-electron chi connectivity index (χ1n) is 7.84. The lowest BCUT2D eigenvalue weighted by Gasteiger charge is -2.25. The van der Waals surface area contributed by atoms with Crippen LogP contribution in [0.4, 0.5) is 5.69 Å². The van der Waals surface area contributed by atoms with Gasteiger partial charge in [-0.25, -0.2) is 0 Å². The standard InChI is InChI=1S/C19H19ClN2/c1-12-5-8-14(9-6-12)21-18-4-2-3-15-16-11-13(20)7-10-17(16)22-19(15)18/h5-11,18,21-22H,2-4H2,1H3. The van der Waals surface area contributed by atoms with Crippen molar-refractivity contribution < 1.29 is 0 Å². The Morgan fingerprint density at radius 3 is 2.77 bits per heavy atom. The van der Waals surface area contributed by atoms with Crippen LogP contribution in [0.1, 0.15) is 35.7 Å². The van der Waals surface area contributed by atoms with Gasteiger partial charge >= 0.3 is 0 Å². The molecule has 1 unspecified atom stereocenters. The van der Waals surface area contributed by atoms with Gasteiger partial charge in [-0.1, -0.05) is 29.3 Å². The zero-order valence-electron chi connectivity index (χ0n) is 12.6. The van der Waals surface area contributed by atoms with Gasteiger partial charge in [-0.3, -0.25) is 0 Å². The summed E-state index contributed by atoms with van der Waals surface area (Å²) in [5, 5.41) is 5.76. The maximum absolute atomic E-state index is 6.17. The maximum Gasteiger partial charge on any atom is 0.0666 e. The van der Waals surface area contributed by atoms with Crippen molar-refractivity contribution in [1.82, 2.24) is 4.98 Å². The smallest absolute Gasteiger partial charge is 0.0666 e. The lowest BCUT2D eigenvalue weighted by molar-refractivity contribution is 0.593. The van der Waals surface area contributed by atoms with Crippen molar-refractivity contribution in [2.45, 2.75) is 32.2 Å². The topological polar surface area (TPSA) is 27.8 Å². The largest absolute Gasteiger partial charge is 0.377 e. The maximum atomic E-state index is 6.17. The molecular formula is C19H19ClN2. The fraction of sp³-hybridized carbons (Fsp3) is 0.263. The monoisotopic (exact) mass is 310 g/mol. The summed E-state index contributed by atoms with van der Waals surface area (Å²) < 4.78 is 0. The van der Waals surface area contributed by atoms with E-state index in [0.717, 1.165) is 17.9 Å². The Bertz CT molecular complexity index is 817. The van der Waals surface area contributed by atoms with Crippen LogP contribution in [-0.2, 0) is 6.42 Å². The molecule has 0 saturated carbocycles. The summed E-state index contributed by atoms with van der Waals surface area (Å²) in [6, 6.07) is 15.1. The third kappa shape index (κ3) is 2.38. The second-order valence-corrected chi connectivity index (χ2v) is 6.60. The van der Waals surface area contributed by atoms with Crippen molar-refractivity contribution in [3.63, 3.8) is 0 Å². The third-order valence-corrected chi connectivity index (χ3v) is 4.80. The fourth-order valence-corrected chi connectivity index (χ4v) is 3.60. The molecular weight excluding hydrogens is 292 g/mol. The molecule has 0 bridgehead atoms. The Morgan fingerprint density at radius 2 is 1.95 bits per heavy atom. The van der Waals surface area contributed by atoms with E-state index in [4.69, 9.17) is 11.6 Å². The van der Waals surface area contributed by atoms with Crippen LogP contribution in [0.2, 0.25) is 5.02 Å². The van der Waals surface area contributed by atoms with E-state index in [1.165, 1.54) is 39.8 Å². The first-order valence-corrected chi connectivity index (χ1v) is 8.22. The Kier molecular flexibility index (Phi) is 3.34. The van der Waals surface area contributed by atoms with Gasteiger partial charge < -0.3 is 10.3 Å². The summed E-state index contributed by atoms with van der Waals surface area (Å²) in [4.78, 5) is 3.60. The Morgan fingerprint density at radius 1 is 1.14 bits per heavy atom. The van der Waals surface area contributed by atoms with Crippen molar-refractivity contribution >= 4 is 28.2 Å². The van der Waals surface area contributed by atoms with Gasteiger partial charge in [0.05, 0.1) is 6.04 Å². The number of benzene rings is 2. The van der Waals surface area contributed by atoms with E-state index in [1.54, 1.807) is 0 Å². The normalized spacial score (nSPS) is 17.5. The minimum Gasteiger partial charge on any atom is -0.377 e. The van der Waals surface area contributed by atoms with E-state index < -0.39 is 0 Å². The van der Waals surface area contributed by atoms with Crippen LogP contribution in [0.5, 0.6) is 0 Å². The number of nitrogens with one attached hydrogen (secondary N) is 2. The van der Waals surface area contributed by atoms with E-state index in [2.05, 4.69) is 53.6 Å². The fourth-order valence-electron chi connectivity index (χ4n) is 3.43. The minimum atomic E-state index is 0.345. The van der Waals surface area contributed by atoms with Crippen LogP contribution >= 0.6 is 11.6 Å². The molecule has 1 aliphatic carbocycles. The summed E-state index contributed by atoms with van der Waals surface area (Å²) in [6.45, 7) is 2.12. The van der Waals surface area contributed by atoms with Crippen molar-refractivity contribution in [2.75, 3.05) is 5.32 Å². The molecule has 112 valence electrons. The molecule has 1 aliphatic rings. The zero-order valence-corrected chi connectivity index (χ0v) is 13.4. The van der Waals surface area contributed by atoms with Crippen LogP contribution in [-0.4, -0.2) is 4.98 Å². The van der Waals surface area contributed by atoms with Crippen molar-refractivity contribution in [3.8, 4) is 0 Å². The molecule has 0 fully saturated rings. The molecule has 0 amide bonds.